The minimum absolute atomic E-state index is 0.323. The van der Waals surface area contributed by atoms with E-state index in [-0.39, 0.29) is 5.57 Å². The van der Waals surface area contributed by atoms with E-state index >= 15 is 0 Å². The minimum atomic E-state index is -1.25. The van der Waals surface area contributed by atoms with E-state index < -0.39 is 5.97 Å². The highest BCUT2D eigenvalue weighted by molar-refractivity contribution is 5.96. The molecule has 0 aliphatic rings. The van der Waals surface area contributed by atoms with Gasteiger partial charge in [-0.1, -0.05) is 38.1 Å². The van der Waals surface area contributed by atoms with Gasteiger partial charge in [0.25, 0.3) is 0 Å². The Hall–Kier alpha value is -3.26. The number of carboxylic acids is 1. The SMILES string of the molecule is Cc1ccc(C(C)C)c(OCCOc2cccc(C=C(C#N)C(=O)O)c2)c1. The molecule has 0 aliphatic heterocycles. The Kier molecular flexibility index (Phi) is 7.01. The van der Waals surface area contributed by atoms with E-state index in [0.29, 0.717) is 30.4 Å². The summed E-state index contributed by atoms with van der Waals surface area (Å²) < 4.78 is 11.6. The monoisotopic (exact) mass is 365 g/mol. The van der Waals surface area contributed by atoms with Gasteiger partial charge >= 0.3 is 5.97 Å². The van der Waals surface area contributed by atoms with Crippen LogP contribution in [0.15, 0.2) is 48.0 Å². The van der Waals surface area contributed by atoms with E-state index in [9.17, 15) is 4.79 Å². The van der Waals surface area contributed by atoms with Crippen LogP contribution >= 0.6 is 0 Å². The molecule has 0 atom stereocenters. The van der Waals surface area contributed by atoms with Crippen molar-refractivity contribution in [3.05, 3.63) is 64.7 Å². The molecule has 27 heavy (non-hydrogen) atoms. The smallest absolute Gasteiger partial charge is 0.346 e. The normalized spacial score (nSPS) is 11.1. The van der Waals surface area contributed by atoms with Crippen LogP contribution in [-0.4, -0.2) is 24.3 Å². The fourth-order valence-electron chi connectivity index (χ4n) is 2.56. The molecular formula is C22H23NO4. The third-order valence-electron chi connectivity index (χ3n) is 3.92. The zero-order valence-corrected chi connectivity index (χ0v) is 15.7. The zero-order valence-electron chi connectivity index (χ0n) is 15.7. The molecular weight excluding hydrogens is 342 g/mol. The Morgan fingerprint density at radius 2 is 1.93 bits per heavy atom. The number of hydrogen-bond acceptors (Lipinski definition) is 4. The van der Waals surface area contributed by atoms with Crippen molar-refractivity contribution in [2.75, 3.05) is 13.2 Å². The quantitative estimate of drug-likeness (QED) is 0.421. The summed E-state index contributed by atoms with van der Waals surface area (Å²) in [7, 11) is 0. The first kappa shape index (κ1) is 20.1. The maximum Gasteiger partial charge on any atom is 0.346 e. The summed E-state index contributed by atoms with van der Waals surface area (Å²) >= 11 is 0. The molecule has 1 N–H and O–H groups in total. The summed E-state index contributed by atoms with van der Waals surface area (Å²) in [5.41, 5.74) is 2.57. The fraction of sp³-hybridized carbons (Fsp3) is 0.273. The second-order valence-electron chi connectivity index (χ2n) is 6.44. The number of carbonyl (C=O) groups is 1. The van der Waals surface area contributed by atoms with Crippen molar-refractivity contribution >= 4 is 12.0 Å². The topological polar surface area (TPSA) is 79.5 Å². The third-order valence-corrected chi connectivity index (χ3v) is 3.92. The highest BCUT2D eigenvalue weighted by Crippen LogP contribution is 2.27. The van der Waals surface area contributed by atoms with Crippen LogP contribution < -0.4 is 9.47 Å². The standard InChI is InChI=1S/C22H23NO4/c1-15(2)20-8-7-16(3)11-21(20)27-10-9-26-19-6-4-5-17(13-19)12-18(14-23)22(24)25/h4-8,11-13,15H,9-10H2,1-3H3,(H,24,25). The number of carboxylic acid groups (broad SMARTS) is 1. The van der Waals surface area contributed by atoms with E-state index in [1.54, 1.807) is 30.3 Å². The first-order chi connectivity index (χ1) is 12.9. The van der Waals surface area contributed by atoms with Crippen molar-refractivity contribution in [2.24, 2.45) is 0 Å². The molecule has 0 unspecified atom stereocenters. The number of nitrogens with zero attached hydrogens (tertiary/aromatic N) is 1. The zero-order chi connectivity index (χ0) is 19.8. The summed E-state index contributed by atoms with van der Waals surface area (Å²) in [6, 6.07) is 14.8. The van der Waals surface area contributed by atoms with Gasteiger partial charge < -0.3 is 14.6 Å². The molecule has 0 saturated carbocycles. The maximum atomic E-state index is 10.9. The minimum Gasteiger partial charge on any atom is -0.490 e. The third kappa shape index (κ3) is 5.89. The van der Waals surface area contributed by atoms with Crippen LogP contribution in [0.4, 0.5) is 0 Å². The van der Waals surface area contributed by atoms with Crippen molar-refractivity contribution in [3.8, 4) is 17.6 Å². The van der Waals surface area contributed by atoms with E-state index in [4.69, 9.17) is 19.8 Å². The number of nitriles is 1. The lowest BCUT2D eigenvalue weighted by molar-refractivity contribution is -0.132. The van der Waals surface area contributed by atoms with Crippen LogP contribution in [0.2, 0.25) is 0 Å². The molecule has 0 fully saturated rings. The molecule has 2 aromatic carbocycles. The molecule has 0 spiro atoms. The van der Waals surface area contributed by atoms with Crippen LogP contribution in [-0.2, 0) is 4.79 Å². The lowest BCUT2D eigenvalue weighted by Crippen LogP contribution is -2.10. The average molecular weight is 365 g/mol. The van der Waals surface area contributed by atoms with Gasteiger partial charge in [-0.15, -0.1) is 0 Å². The van der Waals surface area contributed by atoms with Crippen LogP contribution in [0.25, 0.3) is 6.08 Å². The highest BCUT2D eigenvalue weighted by atomic mass is 16.5. The molecule has 5 heteroatoms. The van der Waals surface area contributed by atoms with E-state index in [1.807, 2.05) is 13.0 Å². The second kappa shape index (κ2) is 9.44. The molecule has 0 aromatic heterocycles. The van der Waals surface area contributed by atoms with Gasteiger partial charge in [-0.05, 0) is 53.8 Å². The summed E-state index contributed by atoms with van der Waals surface area (Å²) in [5.74, 6) is 0.568. The van der Waals surface area contributed by atoms with Gasteiger partial charge in [0.2, 0.25) is 0 Å². The average Bonchev–Trinajstić information content (AvgIpc) is 2.63. The summed E-state index contributed by atoms with van der Waals surface area (Å²) in [4.78, 5) is 10.9. The summed E-state index contributed by atoms with van der Waals surface area (Å²) in [6.45, 7) is 7.02. The fourth-order valence-corrected chi connectivity index (χ4v) is 2.56. The predicted molar refractivity (Wildman–Crippen MR) is 104 cm³/mol. The van der Waals surface area contributed by atoms with Crippen LogP contribution in [0.5, 0.6) is 11.5 Å². The van der Waals surface area contributed by atoms with E-state index in [0.717, 1.165) is 16.9 Å². The Morgan fingerprint density at radius 1 is 1.19 bits per heavy atom. The van der Waals surface area contributed by atoms with Crippen LogP contribution in [0, 0.1) is 18.3 Å². The van der Waals surface area contributed by atoms with Gasteiger partial charge in [0.15, 0.2) is 0 Å². The molecule has 2 aromatic rings. The van der Waals surface area contributed by atoms with E-state index in [1.165, 1.54) is 6.08 Å². The van der Waals surface area contributed by atoms with Gasteiger partial charge in [0.05, 0.1) is 0 Å². The number of rotatable bonds is 8. The Bertz CT molecular complexity index is 878. The Balaban J connectivity index is 1.97. The van der Waals surface area contributed by atoms with E-state index in [2.05, 4.69) is 26.0 Å². The van der Waals surface area contributed by atoms with Crippen LogP contribution in [0.1, 0.15) is 36.5 Å². The Labute approximate surface area is 159 Å². The van der Waals surface area contributed by atoms with Crippen molar-refractivity contribution in [1.29, 1.82) is 5.26 Å². The lowest BCUT2D eigenvalue weighted by atomic mass is 10.0. The van der Waals surface area contributed by atoms with Crippen LogP contribution in [0.3, 0.4) is 0 Å². The van der Waals surface area contributed by atoms with Gasteiger partial charge in [-0.25, -0.2) is 4.79 Å². The molecule has 2 rings (SSSR count). The molecule has 0 bridgehead atoms. The number of ether oxygens (including phenoxy) is 2. The maximum absolute atomic E-state index is 10.9. The number of benzene rings is 2. The van der Waals surface area contributed by atoms with Crippen molar-refractivity contribution in [3.63, 3.8) is 0 Å². The van der Waals surface area contributed by atoms with Gasteiger partial charge in [0, 0.05) is 0 Å². The van der Waals surface area contributed by atoms with Gasteiger partial charge in [-0.2, -0.15) is 5.26 Å². The number of aliphatic carboxylic acids is 1. The van der Waals surface area contributed by atoms with Crippen molar-refractivity contribution < 1.29 is 19.4 Å². The van der Waals surface area contributed by atoms with Crippen molar-refractivity contribution in [1.82, 2.24) is 0 Å². The number of aryl methyl sites for hydroxylation is 1. The van der Waals surface area contributed by atoms with Gasteiger partial charge in [0.1, 0.15) is 36.4 Å². The largest absolute Gasteiger partial charge is 0.490 e. The Morgan fingerprint density at radius 3 is 2.59 bits per heavy atom. The van der Waals surface area contributed by atoms with Crippen molar-refractivity contribution in [2.45, 2.75) is 26.7 Å². The molecule has 0 amide bonds. The molecule has 0 heterocycles. The molecule has 0 saturated heterocycles. The molecule has 0 aliphatic carbocycles. The van der Waals surface area contributed by atoms with Gasteiger partial charge in [-0.3, -0.25) is 0 Å². The second-order valence-corrected chi connectivity index (χ2v) is 6.44. The lowest BCUT2D eigenvalue weighted by Gasteiger charge is -2.15. The first-order valence-electron chi connectivity index (χ1n) is 8.72. The first-order valence-corrected chi connectivity index (χ1v) is 8.72. The molecule has 0 radical (unpaired) electrons. The highest BCUT2D eigenvalue weighted by Gasteiger charge is 2.08. The molecule has 140 valence electrons. The summed E-state index contributed by atoms with van der Waals surface area (Å²) in [5, 5.41) is 17.8. The predicted octanol–water partition coefficient (Wildman–Crippen LogP) is 4.57. The number of hydrogen-bond donors (Lipinski definition) is 1. The summed E-state index contributed by atoms with van der Waals surface area (Å²) in [6.07, 6.45) is 1.31. The molecule has 5 nitrogen and oxygen atoms in total.